The van der Waals surface area contributed by atoms with E-state index in [2.05, 4.69) is 16.3 Å². The van der Waals surface area contributed by atoms with E-state index >= 15 is 0 Å². The first-order chi connectivity index (χ1) is 9.91. The number of benzene rings is 1. The van der Waals surface area contributed by atoms with E-state index in [1.165, 1.54) is 0 Å². The van der Waals surface area contributed by atoms with Crippen molar-refractivity contribution in [2.45, 2.75) is 26.4 Å². The van der Waals surface area contributed by atoms with Crippen LogP contribution in [0, 0.1) is 16.7 Å². The number of nitriles is 1. The molecule has 1 aromatic rings. The summed E-state index contributed by atoms with van der Waals surface area (Å²) in [6.07, 6.45) is 0.141. The molecule has 1 saturated heterocycles. The van der Waals surface area contributed by atoms with Crippen LogP contribution in [0.5, 0.6) is 0 Å². The largest absolute Gasteiger partial charge is 0.389 e. The van der Waals surface area contributed by atoms with Gasteiger partial charge in [0.2, 0.25) is 5.91 Å². The van der Waals surface area contributed by atoms with Crippen molar-refractivity contribution in [1.82, 2.24) is 5.32 Å². The summed E-state index contributed by atoms with van der Waals surface area (Å²) in [5.74, 6) is 0.0278. The minimum Gasteiger partial charge on any atom is -0.389 e. The van der Waals surface area contributed by atoms with Crippen molar-refractivity contribution >= 4 is 11.6 Å². The van der Waals surface area contributed by atoms with Gasteiger partial charge in [0, 0.05) is 31.4 Å². The Hall–Kier alpha value is -2.06. The number of hydrogen-bond acceptors (Lipinski definition) is 4. The summed E-state index contributed by atoms with van der Waals surface area (Å²) in [5.41, 5.74) is 1.75. The van der Waals surface area contributed by atoms with Gasteiger partial charge in [0.1, 0.15) is 0 Å². The van der Waals surface area contributed by atoms with E-state index in [4.69, 9.17) is 5.26 Å². The standard InChI is InChI=1S/C16H21N3O2/c1-11(20)13-5-4-12(9-17)8-14(13)19-7-6-16(2,10-19)15(21)18-3/h4-5,8,11,20H,6-7,10H2,1-3H3,(H,18,21). The van der Waals surface area contributed by atoms with Crippen molar-refractivity contribution in [2.24, 2.45) is 5.41 Å². The Morgan fingerprint density at radius 2 is 2.29 bits per heavy atom. The van der Waals surface area contributed by atoms with Gasteiger partial charge in [-0.2, -0.15) is 5.26 Å². The van der Waals surface area contributed by atoms with Gasteiger partial charge in [-0.05, 0) is 32.4 Å². The SMILES string of the molecule is CNC(=O)C1(C)CCN(c2cc(C#N)ccc2C(C)O)C1. The van der Waals surface area contributed by atoms with E-state index in [1.54, 1.807) is 32.2 Å². The topological polar surface area (TPSA) is 76.4 Å². The highest BCUT2D eigenvalue weighted by molar-refractivity contribution is 5.83. The molecule has 2 atom stereocenters. The molecule has 0 aliphatic carbocycles. The van der Waals surface area contributed by atoms with Crippen molar-refractivity contribution < 1.29 is 9.90 Å². The Morgan fingerprint density at radius 1 is 1.57 bits per heavy atom. The Labute approximate surface area is 125 Å². The molecule has 0 spiro atoms. The molecule has 1 aliphatic heterocycles. The van der Waals surface area contributed by atoms with Crippen LogP contribution < -0.4 is 10.2 Å². The maximum atomic E-state index is 12.0. The number of anilines is 1. The van der Waals surface area contributed by atoms with Crippen LogP contribution in [0.3, 0.4) is 0 Å². The normalized spacial score (nSPS) is 22.7. The highest BCUT2D eigenvalue weighted by Crippen LogP contribution is 2.36. The van der Waals surface area contributed by atoms with E-state index < -0.39 is 11.5 Å². The molecule has 21 heavy (non-hydrogen) atoms. The van der Waals surface area contributed by atoms with Crippen LogP contribution in [0.4, 0.5) is 5.69 Å². The number of carbonyl (C=O) groups excluding carboxylic acids is 1. The third-order valence-electron chi connectivity index (χ3n) is 4.20. The fourth-order valence-electron chi connectivity index (χ4n) is 2.89. The zero-order valence-corrected chi connectivity index (χ0v) is 12.7. The van der Waals surface area contributed by atoms with Crippen LogP contribution in [0.25, 0.3) is 0 Å². The number of carbonyl (C=O) groups is 1. The smallest absolute Gasteiger partial charge is 0.227 e. The molecule has 1 heterocycles. The lowest BCUT2D eigenvalue weighted by Crippen LogP contribution is -2.39. The second-order valence-corrected chi connectivity index (χ2v) is 5.87. The first kappa shape index (κ1) is 15.3. The van der Waals surface area contributed by atoms with Crippen molar-refractivity contribution in [1.29, 1.82) is 5.26 Å². The highest BCUT2D eigenvalue weighted by atomic mass is 16.3. The van der Waals surface area contributed by atoms with Gasteiger partial charge in [-0.1, -0.05) is 6.07 Å². The van der Waals surface area contributed by atoms with Gasteiger partial charge >= 0.3 is 0 Å². The lowest BCUT2D eigenvalue weighted by molar-refractivity contribution is -0.128. The molecule has 112 valence electrons. The quantitative estimate of drug-likeness (QED) is 0.885. The van der Waals surface area contributed by atoms with Crippen LogP contribution in [0.1, 0.15) is 37.5 Å². The van der Waals surface area contributed by atoms with Gasteiger partial charge in [-0.15, -0.1) is 0 Å². The summed E-state index contributed by atoms with van der Waals surface area (Å²) in [6, 6.07) is 7.41. The minimum absolute atomic E-state index is 0.0278. The van der Waals surface area contributed by atoms with Crippen LogP contribution in [0.2, 0.25) is 0 Å². The van der Waals surface area contributed by atoms with E-state index in [9.17, 15) is 9.90 Å². The number of aliphatic hydroxyl groups excluding tert-OH is 1. The molecule has 0 radical (unpaired) electrons. The lowest BCUT2D eigenvalue weighted by atomic mass is 9.89. The molecular weight excluding hydrogens is 266 g/mol. The number of hydrogen-bond donors (Lipinski definition) is 2. The minimum atomic E-state index is -0.611. The summed E-state index contributed by atoms with van der Waals surface area (Å²) in [7, 11) is 1.65. The maximum Gasteiger partial charge on any atom is 0.227 e. The Kier molecular flexibility index (Phi) is 4.19. The molecule has 0 aromatic heterocycles. The van der Waals surface area contributed by atoms with Gasteiger partial charge in [0.15, 0.2) is 0 Å². The first-order valence-electron chi connectivity index (χ1n) is 7.10. The van der Waals surface area contributed by atoms with E-state index in [0.29, 0.717) is 12.1 Å². The van der Waals surface area contributed by atoms with Crippen molar-refractivity contribution in [3.05, 3.63) is 29.3 Å². The molecule has 0 saturated carbocycles. The number of rotatable bonds is 3. The summed E-state index contributed by atoms with van der Waals surface area (Å²) < 4.78 is 0. The summed E-state index contributed by atoms with van der Waals surface area (Å²) in [4.78, 5) is 14.1. The van der Waals surface area contributed by atoms with Crippen molar-refractivity contribution in [2.75, 3.05) is 25.0 Å². The van der Waals surface area contributed by atoms with Crippen LogP contribution in [-0.4, -0.2) is 31.2 Å². The van der Waals surface area contributed by atoms with Crippen molar-refractivity contribution in [3.8, 4) is 6.07 Å². The fourth-order valence-corrected chi connectivity index (χ4v) is 2.89. The van der Waals surface area contributed by atoms with Gasteiger partial charge < -0.3 is 15.3 Å². The molecule has 2 rings (SSSR count). The van der Waals surface area contributed by atoms with Gasteiger partial charge in [-0.25, -0.2) is 0 Å². The highest BCUT2D eigenvalue weighted by Gasteiger charge is 2.40. The van der Waals surface area contributed by atoms with Crippen LogP contribution in [-0.2, 0) is 4.79 Å². The lowest BCUT2D eigenvalue weighted by Gasteiger charge is -2.26. The number of nitrogens with one attached hydrogen (secondary N) is 1. The molecule has 1 aliphatic rings. The third-order valence-corrected chi connectivity index (χ3v) is 4.20. The van der Waals surface area contributed by atoms with Gasteiger partial charge in [0.05, 0.1) is 23.2 Å². The second-order valence-electron chi connectivity index (χ2n) is 5.87. The summed E-state index contributed by atoms with van der Waals surface area (Å²) in [5, 5.41) is 21.7. The third kappa shape index (κ3) is 2.86. The number of aliphatic hydroxyl groups is 1. The Balaban J connectivity index is 2.35. The first-order valence-corrected chi connectivity index (χ1v) is 7.10. The molecule has 2 unspecified atom stereocenters. The predicted molar refractivity (Wildman–Crippen MR) is 80.8 cm³/mol. The van der Waals surface area contributed by atoms with E-state index in [1.807, 2.05) is 6.92 Å². The monoisotopic (exact) mass is 287 g/mol. The molecule has 1 aromatic carbocycles. The van der Waals surface area contributed by atoms with Gasteiger partial charge in [-0.3, -0.25) is 4.79 Å². The molecule has 0 bridgehead atoms. The Bertz CT molecular complexity index is 592. The zero-order valence-electron chi connectivity index (χ0n) is 12.7. The summed E-state index contributed by atoms with van der Waals surface area (Å²) >= 11 is 0. The number of nitrogens with zero attached hydrogens (tertiary/aromatic N) is 2. The van der Waals surface area contributed by atoms with E-state index in [-0.39, 0.29) is 5.91 Å². The average molecular weight is 287 g/mol. The average Bonchev–Trinajstić information content (AvgIpc) is 2.89. The molecule has 1 amide bonds. The Morgan fingerprint density at radius 3 is 2.86 bits per heavy atom. The molecule has 1 fully saturated rings. The maximum absolute atomic E-state index is 12.0. The van der Waals surface area contributed by atoms with Crippen LogP contribution in [0.15, 0.2) is 18.2 Å². The zero-order chi connectivity index (χ0) is 15.6. The molecule has 5 nitrogen and oxygen atoms in total. The molecule has 2 N–H and O–H groups in total. The van der Waals surface area contributed by atoms with Crippen molar-refractivity contribution in [3.63, 3.8) is 0 Å². The molecule has 5 heteroatoms. The molecular formula is C16H21N3O2. The fraction of sp³-hybridized carbons (Fsp3) is 0.500. The van der Waals surface area contributed by atoms with Gasteiger partial charge in [0.25, 0.3) is 0 Å². The van der Waals surface area contributed by atoms with Crippen LogP contribution >= 0.6 is 0 Å². The predicted octanol–water partition coefficient (Wildman–Crippen LogP) is 1.57. The number of amides is 1. The van der Waals surface area contributed by atoms with E-state index in [0.717, 1.165) is 24.2 Å². The summed E-state index contributed by atoms with van der Waals surface area (Å²) in [6.45, 7) is 4.97. The second kappa shape index (κ2) is 5.74.